The lowest BCUT2D eigenvalue weighted by Crippen LogP contribution is -2.60. The highest BCUT2D eigenvalue weighted by Crippen LogP contribution is 2.63. The summed E-state index contributed by atoms with van der Waals surface area (Å²) in [4.78, 5) is 28.3. The quantitative estimate of drug-likeness (QED) is 0.188. The summed E-state index contributed by atoms with van der Waals surface area (Å²) >= 11 is 0. The predicted molar refractivity (Wildman–Crippen MR) is 148 cm³/mol. The lowest BCUT2D eigenvalue weighted by Gasteiger charge is -2.59. The molecule has 0 aromatic heterocycles. The molecule has 5 heteroatoms. The van der Waals surface area contributed by atoms with Gasteiger partial charge in [-0.2, -0.15) is 0 Å². The van der Waals surface area contributed by atoms with Gasteiger partial charge < -0.3 is 14.4 Å². The molecule has 7 rings (SSSR count). The highest BCUT2D eigenvalue weighted by molar-refractivity contribution is 5.87. The van der Waals surface area contributed by atoms with E-state index in [1.54, 1.807) is 6.92 Å². The van der Waals surface area contributed by atoms with E-state index in [0.717, 1.165) is 49.2 Å². The molecule has 3 aromatic rings. The Morgan fingerprint density at radius 3 is 1.84 bits per heavy atom. The summed E-state index contributed by atoms with van der Waals surface area (Å²) in [6.07, 6.45) is 4.93. The van der Waals surface area contributed by atoms with Gasteiger partial charge in [0.05, 0.1) is 5.41 Å². The van der Waals surface area contributed by atoms with Gasteiger partial charge in [0, 0.05) is 29.1 Å². The second-order valence-corrected chi connectivity index (χ2v) is 11.5. The molecule has 0 amide bonds. The van der Waals surface area contributed by atoms with E-state index >= 15 is 0 Å². The van der Waals surface area contributed by atoms with Crippen molar-refractivity contribution < 1.29 is 19.1 Å². The Morgan fingerprint density at radius 1 is 0.789 bits per heavy atom. The van der Waals surface area contributed by atoms with Gasteiger partial charge >= 0.3 is 11.9 Å². The van der Waals surface area contributed by atoms with Crippen LogP contribution in [0.2, 0.25) is 0 Å². The Morgan fingerprint density at radius 2 is 1.32 bits per heavy atom. The van der Waals surface area contributed by atoms with Gasteiger partial charge in [-0.1, -0.05) is 43.0 Å². The average Bonchev–Trinajstić information content (AvgIpc) is 2.90. The van der Waals surface area contributed by atoms with Gasteiger partial charge in [0.1, 0.15) is 11.4 Å². The van der Waals surface area contributed by atoms with Gasteiger partial charge in [0.2, 0.25) is 0 Å². The molecule has 4 aliphatic rings. The van der Waals surface area contributed by atoms with Crippen LogP contribution in [-0.4, -0.2) is 17.5 Å². The topological polar surface area (TPSA) is 55.8 Å². The van der Waals surface area contributed by atoms with Crippen molar-refractivity contribution in [3.63, 3.8) is 0 Å². The number of para-hydroxylation sites is 2. The smallest absolute Gasteiger partial charge is 0.333 e. The van der Waals surface area contributed by atoms with Crippen molar-refractivity contribution in [1.82, 2.24) is 0 Å². The first-order valence-corrected chi connectivity index (χ1v) is 13.5. The molecule has 3 aromatic carbocycles. The van der Waals surface area contributed by atoms with Gasteiger partial charge in [0.15, 0.2) is 0 Å². The van der Waals surface area contributed by atoms with Crippen molar-refractivity contribution in [3.05, 3.63) is 97.1 Å². The molecular weight excluding hydrogens is 474 g/mol. The summed E-state index contributed by atoms with van der Waals surface area (Å²) < 4.78 is 12.0. The van der Waals surface area contributed by atoms with Gasteiger partial charge in [0.25, 0.3) is 0 Å². The number of ether oxygens (including phenoxy) is 2. The molecule has 4 bridgehead atoms. The van der Waals surface area contributed by atoms with Gasteiger partial charge in [-0.05, 0) is 99.4 Å². The van der Waals surface area contributed by atoms with Crippen LogP contribution < -0.4 is 9.64 Å². The Balaban J connectivity index is 1.23. The normalized spacial score (nSPS) is 27.0. The average molecular weight is 508 g/mol. The van der Waals surface area contributed by atoms with Crippen molar-refractivity contribution in [3.8, 4) is 5.75 Å². The molecule has 2 unspecified atom stereocenters. The number of benzene rings is 3. The van der Waals surface area contributed by atoms with Crippen LogP contribution in [0.3, 0.4) is 0 Å². The monoisotopic (exact) mass is 507 g/mol. The van der Waals surface area contributed by atoms with Crippen molar-refractivity contribution in [2.24, 2.45) is 17.3 Å². The van der Waals surface area contributed by atoms with Crippen LogP contribution in [0, 0.1) is 17.3 Å². The number of carbonyl (C=O) groups excluding carboxylic acids is 2. The molecule has 0 saturated heterocycles. The fourth-order valence-electron chi connectivity index (χ4n) is 7.30. The lowest BCUT2D eigenvalue weighted by atomic mass is 9.48. The third kappa shape index (κ3) is 4.51. The molecular formula is C33H33NO4. The number of carbonyl (C=O) groups is 2. The van der Waals surface area contributed by atoms with Gasteiger partial charge in [-0.3, -0.25) is 4.79 Å². The van der Waals surface area contributed by atoms with Crippen molar-refractivity contribution in [2.75, 3.05) is 4.90 Å². The summed E-state index contributed by atoms with van der Waals surface area (Å²) in [6, 6.07) is 28.1. The third-order valence-corrected chi connectivity index (χ3v) is 8.43. The fraction of sp³-hybridized carbons (Fsp3) is 0.333. The number of rotatable bonds is 7. The minimum Gasteiger partial charge on any atom is -0.456 e. The Kier molecular flexibility index (Phi) is 6.10. The Bertz CT molecular complexity index is 1300. The van der Waals surface area contributed by atoms with E-state index < -0.39 is 11.0 Å². The van der Waals surface area contributed by atoms with Crippen molar-refractivity contribution in [1.29, 1.82) is 0 Å². The first kappa shape index (κ1) is 24.5. The van der Waals surface area contributed by atoms with Crippen molar-refractivity contribution in [2.45, 2.75) is 51.0 Å². The van der Waals surface area contributed by atoms with E-state index in [1.807, 2.05) is 60.7 Å². The third-order valence-electron chi connectivity index (χ3n) is 8.43. The molecule has 5 nitrogen and oxygen atoms in total. The number of esters is 2. The number of hydrogen-bond acceptors (Lipinski definition) is 5. The molecule has 0 radical (unpaired) electrons. The van der Waals surface area contributed by atoms with E-state index in [4.69, 9.17) is 9.47 Å². The maximum absolute atomic E-state index is 13.7. The van der Waals surface area contributed by atoms with E-state index in [2.05, 4.69) is 35.7 Å². The zero-order valence-electron chi connectivity index (χ0n) is 21.8. The molecule has 0 spiro atoms. The summed E-state index contributed by atoms with van der Waals surface area (Å²) in [7, 11) is 0. The van der Waals surface area contributed by atoms with E-state index in [9.17, 15) is 9.59 Å². The summed E-state index contributed by atoms with van der Waals surface area (Å²) in [5.74, 6) is 0.748. The number of nitrogens with zero attached hydrogens (tertiary/aromatic N) is 1. The minimum absolute atomic E-state index is 0.196. The first-order valence-electron chi connectivity index (χ1n) is 13.5. The van der Waals surface area contributed by atoms with Gasteiger partial charge in [-0.15, -0.1) is 0 Å². The van der Waals surface area contributed by atoms with Gasteiger partial charge in [-0.25, -0.2) is 4.79 Å². The Hall–Kier alpha value is -3.86. The second-order valence-electron chi connectivity index (χ2n) is 11.5. The van der Waals surface area contributed by atoms with Crippen molar-refractivity contribution >= 4 is 29.0 Å². The second kappa shape index (κ2) is 9.46. The van der Waals surface area contributed by atoms with E-state index in [1.165, 1.54) is 0 Å². The fourth-order valence-corrected chi connectivity index (χ4v) is 7.30. The summed E-state index contributed by atoms with van der Waals surface area (Å²) in [5.41, 5.74) is 2.30. The maximum Gasteiger partial charge on any atom is 0.333 e. The van der Waals surface area contributed by atoms with E-state index in [0.29, 0.717) is 29.6 Å². The molecule has 4 fully saturated rings. The molecule has 194 valence electrons. The molecule has 0 aliphatic heterocycles. The molecule has 0 heterocycles. The molecule has 0 N–H and O–H groups in total. The van der Waals surface area contributed by atoms with Crippen LogP contribution in [0.15, 0.2) is 97.1 Å². The summed E-state index contributed by atoms with van der Waals surface area (Å²) in [5, 5.41) is 0. The first-order chi connectivity index (χ1) is 18.3. The van der Waals surface area contributed by atoms with Crippen LogP contribution >= 0.6 is 0 Å². The number of hydrogen-bond donors (Lipinski definition) is 0. The van der Waals surface area contributed by atoms with Crippen LogP contribution in [0.5, 0.6) is 5.75 Å². The largest absolute Gasteiger partial charge is 0.456 e. The standard InChI is InChI=1S/C33H33NO4/c1-23(2)30(35)38-33-20-24-17-25(21-33)19-32(18-24,22-33)31(36)37-29-15-13-28(14-16-29)34(26-9-5-3-6-10-26)27-11-7-4-8-12-27/h3-16,24-25H,1,17-22H2,2H3. The Labute approximate surface area is 224 Å². The summed E-state index contributed by atoms with van der Waals surface area (Å²) in [6.45, 7) is 5.42. The molecule has 4 aliphatic carbocycles. The molecule has 2 atom stereocenters. The highest BCUT2D eigenvalue weighted by Gasteiger charge is 2.63. The van der Waals surface area contributed by atoms with E-state index in [-0.39, 0.29) is 11.9 Å². The predicted octanol–water partition coefficient (Wildman–Crippen LogP) is 7.52. The number of anilines is 3. The highest BCUT2D eigenvalue weighted by atomic mass is 16.6. The zero-order chi connectivity index (χ0) is 26.3. The molecule has 38 heavy (non-hydrogen) atoms. The maximum atomic E-state index is 13.7. The SMILES string of the molecule is C=C(C)C(=O)OC12CC3CC(C1)CC(C(=O)Oc1ccc(N(c4ccccc4)c4ccccc4)cc1)(C3)C2. The lowest BCUT2D eigenvalue weighted by molar-refractivity contribution is -0.206. The molecule has 4 saturated carbocycles. The zero-order valence-corrected chi connectivity index (χ0v) is 21.8. The van der Waals surface area contributed by atoms with Crippen LogP contribution in [0.25, 0.3) is 0 Å². The van der Waals surface area contributed by atoms with Crippen LogP contribution in [-0.2, 0) is 14.3 Å². The van der Waals surface area contributed by atoms with Crippen LogP contribution in [0.1, 0.15) is 45.4 Å². The van der Waals surface area contributed by atoms with Crippen LogP contribution in [0.4, 0.5) is 17.1 Å². The minimum atomic E-state index is -0.599.